The van der Waals surface area contributed by atoms with Gasteiger partial charge in [-0.25, -0.2) is 4.79 Å². The Morgan fingerprint density at radius 1 is 1.14 bits per heavy atom. The van der Waals surface area contributed by atoms with Crippen LogP contribution in [-0.4, -0.2) is 27.1 Å². The summed E-state index contributed by atoms with van der Waals surface area (Å²) in [5.41, 5.74) is 3.29. The van der Waals surface area contributed by atoms with E-state index in [2.05, 4.69) is 17.3 Å². The molecule has 0 aliphatic carbocycles. The molecule has 0 radical (unpaired) electrons. The average Bonchev–Trinajstić information content (AvgIpc) is 3.48. The van der Waals surface area contributed by atoms with Crippen molar-refractivity contribution < 1.29 is 13.7 Å². The van der Waals surface area contributed by atoms with E-state index in [9.17, 15) is 9.59 Å². The van der Waals surface area contributed by atoms with Crippen LogP contribution in [0.25, 0.3) is 22.4 Å². The van der Waals surface area contributed by atoms with E-state index in [0.717, 1.165) is 24.0 Å². The van der Waals surface area contributed by atoms with E-state index >= 15 is 0 Å². The first-order valence-electron chi connectivity index (χ1n) is 9.54. The molecule has 2 aromatic carbocycles. The van der Waals surface area contributed by atoms with E-state index in [0.29, 0.717) is 23.4 Å². The van der Waals surface area contributed by atoms with Gasteiger partial charge < -0.3 is 13.8 Å². The Bertz CT molecular complexity index is 1250. The van der Waals surface area contributed by atoms with E-state index < -0.39 is 5.76 Å². The molecule has 1 amide bonds. The van der Waals surface area contributed by atoms with Gasteiger partial charge in [0, 0.05) is 25.2 Å². The fourth-order valence-corrected chi connectivity index (χ4v) is 3.97. The van der Waals surface area contributed by atoms with Crippen LogP contribution in [-0.2, 0) is 7.05 Å². The zero-order valence-electron chi connectivity index (χ0n) is 15.9. The van der Waals surface area contributed by atoms with Crippen molar-refractivity contribution in [3.8, 4) is 11.3 Å². The van der Waals surface area contributed by atoms with Gasteiger partial charge in [0.25, 0.3) is 5.91 Å². The van der Waals surface area contributed by atoms with E-state index in [1.165, 1.54) is 4.57 Å². The second-order valence-electron chi connectivity index (χ2n) is 7.25. The van der Waals surface area contributed by atoms with Crippen LogP contribution in [0.3, 0.4) is 0 Å². The van der Waals surface area contributed by atoms with Gasteiger partial charge in [0.05, 0.1) is 11.6 Å². The Labute approximate surface area is 166 Å². The van der Waals surface area contributed by atoms with Crippen molar-refractivity contribution in [2.75, 3.05) is 6.54 Å². The number of likely N-dealkylation sites (tertiary alicyclic amines) is 1. The normalized spacial score (nSPS) is 16.6. The zero-order chi connectivity index (χ0) is 20.0. The first-order chi connectivity index (χ1) is 14.1. The summed E-state index contributed by atoms with van der Waals surface area (Å²) in [7, 11) is 1.64. The molecule has 0 saturated carbocycles. The SMILES string of the molecule is Cn1c(=O)oc2ccc(-c3cc(C(=O)N4CCC[C@H]4c4ccccc4)no3)cc21. The molecule has 2 aromatic heterocycles. The van der Waals surface area contributed by atoms with E-state index in [1.54, 1.807) is 31.3 Å². The quantitative estimate of drug-likeness (QED) is 0.533. The van der Waals surface area contributed by atoms with E-state index in [-0.39, 0.29) is 17.6 Å². The Balaban J connectivity index is 1.44. The molecule has 1 fully saturated rings. The average molecular weight is 389 g/mol. The lowest BCUT2D eigenvalue weighted by molar-refractivity contribution is 0.0725. The second kappa shape index (κ2) is 6.77. The van der Waals surface area contributed by atoms with Crippen LogP contribution < -0.4 is 5.76 Å². The standard InChI is InChI=1S/C22H19N3O4/c1-24-18-12-15(9-10-19(18)28-22(24)27)20-13-16(23-29-20)21(26)25-11-5-8-17(25)14-6-3-2-4-7-14/h2-4,6-7,9-10,12-13,17H,5,8,11H2,1H3/t17-/m0/s1. The summed E-state index contributed by atoms with van der Waals surface area (Å²) in [4.78, 5) is 26.6. The number of fused-ring (bicyclic) bond motifs is 1. The topological polar surface area (TPSA) is 81.5 Å². The highest BCUT2D eigenvalue weighted by molar-refractivity contribution is 5.94. The van der Waals surface area contributed by atoms with Crippen LogP contribution in [0.15, 0.2) is 68.3 Å². The number of amides is 1. The molecule has 1 aliphatic rings. The van der Waals surface area contributed by atoms with Crippen LogP contribution in [0.1, 0.15) is 34.9 Å². The number of rotatable bonds is 3. The second-order valence-corrected chi connectivity index (χ2v) is 7.25. The third-order valence-electron chi connectivity index (χ3n) is 5.50. The van der Waals surface area contributed by atoms with Gasteiger partial charge in [0.1, 0.15) is 0 Å². The lowest BCUT2D eigenvalue weighted by Gasteiger charge is -2.24. The van der Waals surface area contributed by atoms with Crippen molar-refractivity contribution in [2.24, 2.45) is 7.05 Å². The van der Waals surface area contributed by atoms with Crippen molar-refractivity contribution in [1.29, 1.82) is 0 Å². The van der Waals surface area contributed by atoms with Gasteiger partial charge in [-0.05, 0) is 36.6 Å². The highest BCUT2D eigenvalue weighted by Gasteiger charge is 2.32. The summed E-state index contributed by atoms with van der Waals surface area (Å²) in [5, 5.41) is 4.01. The molecule has 4 aromatic rings. The van der Waals surface area contributed by atoms with Gasteiger partial charge in [-0.15, -0.1) is 0 Å². The van der Waals surface area contributed by atoms with Gasteiger partial charge in [-0.1, -0.05) is 35.5 Å². The number of aromatic nitrogens is 2. The Kier molecular flexibility index (Phi) is 4.08. The number of hydrogen-bond acceptors (Lipinski definition) is 5. The third kappa shape index (κ3) is 2.95. The maximum Gasteiger partial charge on any atom is 0.419 e. The number of aryl methyl sites for hydroxylation is 1. The molecule has 5 rings (SSSR count). The molecule has 146 valence electrons. The number of carbonyl (C=O) groups excluding carboxylic acids is 1. The minimum atomic E-state index is -0.424. The Morgan fingerprint density at radius 3 is 2.79 bits per heavy atom. The molecule has 1 saturated heterocycles. The fraction of sp³-hybridized carbons (Fsp3) is 0.227. The monoisotopic (exact) mass is 389 g/mol. The van der Waals surface area contributed by atoms with Gasteiger partial charge >= 0.3 is 5.76 Å². The zero-order valence-corrected chi connectivity index (χ0v) is 15.9. The number of oxazole rings is 1. The maximum absolute atomic E-state index is 13.1. The van der Waals surface area contributed by atoms with Gasteiger partial charge in [-0.3, -0.25) is 9.36 Å². The molecule has 0 bridgehead atoms. The van der Waals surface area contributed by atoms with Gasteiger partial charge in [-0.2, -0.15) is 0 Å². The molecule has 0 N–H and O–H groups in total. The summed E-state index contributed by atoms with van der Waals surface area (Å²) in [5.74, 6) is -0.0888. The van der Waals surface area contributed by atoms with Gasteiger partial charge in [0.15, 0.2) is 17.0 Å². The Morgan fingerprint density at radius 2 is 1.97 bits per heavy atom. The van der Waals surface area contributed by atoms with Crippen LogP contribution >= 0.6 is 0 Å². The molecule has 7 nitrogen and oxygen atoms in total. The van der Waals surface area contributed by atoms with E-state index in [1.807, 2.05) is 23.1 Å². The van der Waals surface area contributed by atoms with Crippen molar-refractivity contribution >= 4 is 17.0 Å². The van der Waals surface area contributed by atoms with Crippen molar-refractivity contribution in [3.63, 3.8) is 0 Å². The van der Waals surface area contributed by atoms with Crippen LogP contribution in [0.2, 0.25) is 0 Å². The molecule has 29 heavy (non-hydrogen) atoms. The van der Waals surface area contributed by atoms with E-state index in [4.69, 9.17) is 8.94 Å². The highest BCUT2D eigenvalue weighted by atomic mass is 16.5. The summed E-state index contributed by atoms with van der Waals surface area (Å²) in [6, 6.07) is 17.0. The first-order valence-corrected chi connectivity index (χ1v) is 9.54. The predicted molar refractivity (Wildman–Crippen MR) is 106 cm³/mol. The number of benzene rings is 2. The van der Waals surface area contributed by atoms with Gasteiger partial charge in [0.2, 0.25) is 0 Å². The van der Waals surface area contributed by atoms with Crippen molar-refractivity contribution in [2.45, 2.75) is 18.9 Å². The highest BCUT2D eigenvalue weighted by Crippen LogP contribution is 2.33. The minimum Gasteiger partial charge on any atom is -0.408 e. The number of hydrogen-bond donors (Lipinski definition) is 0. The van der Waals surface area contributed by atoms with Crippen molar-refractivity contribution in [3.05, 3.63) is 76.4 Å². The summed E-state index contributed by atoms with van der Waals surface area (Å²) < 4.78 is 12.0. The third-order valence-corrected chi connectivity index (χ3v) is 5.50. The Hall–Kier alpha value is -3.61. The maximum atomic E-state index is 13.1. The lowest BCUT2D eigenvalue weighted by atomic mass is 10.0. The predicted octanol–water partition coefficient (Wildman–Crippen LogP) is 3.76. The first kappa shape index (κ1) is 17.5. The van der Waals surface area contributed by atoms with Crippen LogP contribution in [0, 0.1) is 0 Å². The van der Waals surface area contributed by atoms with Crippen LogP contribution in [0.5, 0.6) is 0 Å². The number of nitrogens with zero attached hydrogens (tertiary/aromatic N) is 3. The minimum absolute atomic E-state index is 0.0562. The fourth-order valence-electron chi connectivity index (χ4n) is 3.97. The smallest absolute Gasteiger partial charge is 0.408 e. The molecular weight excluding hydrogens is 370 g/mol. The summed E-state index contributed by atoms with van der Waals surface area (Å²) >= 11 is 0. The lowest BCUT2D eigenvalue weighted by Crippen LogP contribution is -2.30. The molecular formula is C22H19N3O4. The van der Waals surface area contributed by atoms with Crippen molar-refractivity contribution in [1.82, 2.24) is 14.6 Å². The molecule has 7 heteroatoms. The summed E-state index contributed by atoms with van der Waals surface area (Å²) in [6.45, 7) is 0.698. The molecule has 1 aliphatic heterocycles. The van der Waals surface area contributed by atoms with Crippen LogP contribution in [0.4, 0.5) is 0 Å². The summed E-state index contributed by atoms with van der Waals surface area (Å²) in [6.07, 6.45) is 1.90. The molecule has 3 heterocycles. The molecule has 0 spiro atoms. The molecule has 0 unspecified atom stereocenters. The molecule has 1 atom stereocenters. The largest absolute Gasteiger partial charge is 0.419 e. The number of carbonyl (C=O) groups is 1.